The number of carbonyl (C=O) groups is 3. The zero-order chi connectivity index (χ0) is 38.4. The van der Waals surface area contributed by atoms with Gasteiger partial charge in [-0.05, 0) is 107 Å². The van der Waals surface area contributed by atoms with Gasteiger partial charge in [-0.15, -0.1) is 0 Å². The summed E-state index contributed by atoms with van der Waals surface area (Å²) < 4.78 is 25.3. The Morgan fingerprint density at radius 2 is 1.76 bits per heavy atom. The van der Waals surface area contributed by atoms with E-state index in [0.717, 1.165) is 74.5 Å². The van der Waals surface area contributed by atoms with Gasteiger partial charge in [-0.2, -0.15) is 5.10 Å². The summed E-state index contributed by atoms with van der Waals surface area (Å²) in [6.45, 7) is 5.72. The Labute approximate surface area is 319 Å². The number of carbonyl (C=O) groups excluding carboxylic acids is 3. The number of anilines is 2. The fourth-order valence-corrected chi connectivity index (χ4v) is 8.74. The number of ether oxygens (including phenoxy) is 1. The third-order valence-corrected chi connectivity index (χ3v) is 11.8. The number of primary amides is 1. The van der Waals surface area contributed by atoms with Crippen LogP contribution in [0.3, 0.4) is 0 Å². The molecule has 2 saturated heterocycles. The number of rotatable bonds is 11. The second-order valence-electron chi connectivity index (χ2n) is 16.0. The van der Waals surface area contributed by atoms with Crippen molar-refractivity contribution in [2.45, 2.75) is 108 Å². The van der Waals surface area contributed by atoms with Crippen molar-refractivity contribution in [3.05, 3.63) is 76.2 Å². The summed E-state index contributed by atoms with van der Waals surface area (Å²) in [6.07, 6.45) is 13.2. The Morgan fingerprint density at radius 3 is 2.44 bits per heavy atom. The van der Waals surface area contributed by atoms with E-state index >= 15 is 4.39 Å². The number of nitrogens with one attached hydrogen (secondary N) is 1. The summed E-state index contributed by atoms with van der Waals surface area (Å²) >= 11 is 0. The first-order valence-electron chi connectivity index (χ1n) is 19.7. The number of aromatic nitrogens is 4. The largest absolute Gasteiger partial charge is 0.490 e. The van der Waals surface area contributed by atoms with Gasteiger partial charge in [0.25, 0.3) is 11.5 Å². The molecule has 2 aliphatic heterocycles. The number of nitrogens with two attached hydrogens (primary N) is 1. The minimum atomic E-state index is -0.595. The molecule has 2 aliphatic carbocycles. The van der Waals surface area contributed by atoms with Crippen molar-refractivity contribution in [1.82, 2.24) is 24.6 Å². The summed E-state index contributed by atoms with van der Waals surface area (Å²) in [7, 11) is 0. The predicted molar refractivity (Wildman–Crippen MR) is 206 cm³/mol. The van der Waals surface area contributed by atoms with Crippen LogP contribution in [0.1, 0.15) is 112 Å². The number of amides is 3. The molecule has 8 rings (SSSR count). The first-order valence-corrected chi connectivity index (χ1v) is 19.7. The summed E-state index contributed by atoms with van der Waals surface area (Å²) in [5.74, 6) is -1.25. The van der Waals surface area contributed by atoms with Crippen LogP contribution in [0.25, 0.3) is 10.9 Å². The number of hydrogen-bond acceptors (Lipinski definition) is 9. The Morgan fingerprint density at radius 1 is 1.02 bits per heavy atom. The van der Waals surface area contributed by atoms with Gasteiger partial charge in [-0.3, -0.25) is 29.2 Å². The lowest BCUT2D eigenvalue weighted by atomic mass is 9.85. The van der Waals surface area contributed by atoms with Crippen LogP contribution in [0.4, 0.5) is 15.9 Å². The molecule has 0 radical (unpaired) electrons. The molecule has 5 heterocycles. The van der Waals surface area contributed by atoms with E-state index in [9.17, 15) is 19.2 Å². The summed E-state index contributed by atoms with van der Waals surface area (Å²) in [4.78, 5) is 58.9. The van der Waals surface area contributed by atoms with Gasteiger partial charge in [0.05, 0.1) is 29.1 Å². The van der Waals surface area contributed by atoms with Crippen LogP contribution in [0.15, 0.2) is 53.7 Å². The summed E-state index contributed by atoms with van der Waals surface area (Å²) in [5, 5.41) is 8.08. The number of hydrogen-bond donors (Lipinski definition) is 2. The van der Waals surface area contributed by atoms with Crippen molar-refractivity contribution >= 4 is 40.1 Å². The molecule has 0 bridgehead atoms. The molecular weight excluding hydrogens is 704 g/mol. The van der Waals surface area contributed by atoms with Crippen molar-refractivity contribution in [2.24, 2.45) is 11.7 Å². The van der Waals surface area contributed by atoms with Crippen LogP contribution in [-0.4, -0.2) is 68.8 Å². The van der Waals surface area contributed by atoms with Gasteiger partial charge in [-0.1, -0.05) is 0 Å². The molecule has 1 atom stereocenters. The van der Waals surface area contributed by atoms with Crippen LogP contribution >= 0.6 is 0 Å². The molecule has 4 aromatic rings. The zero-order valence-electron chi connectivity index (χ0n) is 31.5. The molecule has 2 saturated carbocycles. The molecule has 290 valence electrons. The number of halogens is 1. The van der Waals surface area contributed by atoms with Gasteiger partial charge < -0.3 is 24.8 Å². The fraction of sp³-hybridized carbons (Fsp3) is 0.512. The third-order valence-electron chi connectivity index (χ3n) is 11.8. The average molecular weight is 753 g/mol. The van der Waals surface area contributed by atoms with Gasteiger partial charge in [0.15, 0.2) is 11.6 Å². The maximum Gasteiger partial charge on any atom is 0.274 e. The molecule has 3 N–H and O–H groups in total. The maximum atomic E-state index is 15.5. The molecule has 4 aliphatic rings. The highest BCUT2D eigenvalue weighted by Crippen LogP contribution is 2.38. The Kier molecular flexibility index (Phi) is 10.1. The highest BCUT2D eigenvalue weighted by Gasteiger charge is 2.34. The zero-order valence-corrected chi connectivity index (χ0v) is 31.5. The van der Waals surface area contributed by atoms with E-state index in [0.29, 0.717) is 42.3 Å². The minimum absolute atomic E-state index is 0.0530. The van der Waals surface area contributed by atoms with Gasteiger partial charge in [0.1, 0.15) is 11.4 Å². The van der Waals surface area contributed by atoms with Crippen LogP contribution in [0.2, 0.25) is 0 Å². The van der Waals surface area contributed by atoms with E-state index in [4.69, 9.17) is 15.6 Å². The van der Waals surface area contributed by atoms with Crippen molar-refractivity contribution in [2.75, 3.05) is 29.4 Å². The van der Waals surface area contributed by atoms with E-state index < -0.39 is 23.5 Å². The molecule has 1 aromatic carbocycles. The summed E-state index contributed by atoms with van der Waals surface area (Å²) in [6, 6.07) is 9.46. The monoisotopic (exact) mass is 752 g/mol. The molecule has 0 spiro atoms. The van der Waals surface area contributed by atoms with Crippen LogP contribution in [0, 0.1) is 11.7 Å². The number of piperidine rings is 2. The maximum absolute atomic E-state index is 15.5. The van der Waals surface area contributed by atoms with E-state index in [1.807, 2.05) is 52.5 Å². The van der Waals surface area contributed by atoms with Crippen LogP contribution < -0.4 is 31.1 Å². The number of imide groups is 1. The van der Waals surface area contributed by atoms with Crippen LogP contribution in [0.5, 0.6) is 5.75 Å². The van der Waals surface area contributed by atoms with Gasteiger partial charge in [0.2, 0.25) is 11.8 Å². The molecule has 4 fully saturated rings. The molecule has 3 amide bonds. The lowest BCUT2D eigenvalue weighted by Gasteiger charge is -2.42. The Bertz CT molecular complexity index is 2160. The number of benzene rings is 1. The Hall–Kier alpha value is -5.27. The highest BCUT2D eigenvalue weighted by atomic mass is 19.1. The quantitative estimate of drug-likeness (QED) is 0.192. The number of nitrogens with zero attached hydrogens (tertiary/aromatic N) is 6. The second kappa shape index (κ2) is 15.1. The minimum Gasteiger partial charge on any atom is -0.490 e. The Balaban J connectivity index is 0.961. The van der Waals surface area contributed by atoms with Crippen LogP contribution in [-0.2, 0) is 9.59 Å². The predicted octanol–water partition coefficient (Wildman–Crippen LogP) is 5.38. The van der Waals surface area contributed by atoms with Crippen molar-refractivity contribution in [1.29, 1.82) is 0 Å². The summed E-state index contributed by atoms with van der Waals surface area (Å²) in [5.41, 5.74) is 8.05. The van der Waals surface area contributed by atoms with Crippen molar-refractivity contribution in [3.8, 4) is 5.75 Å². The molecule has 3 aromatic heterocycles. The standard InChI is InChI=1S/C41H49FN8O5/c1-24(2)55-36-20-34-27(18-32(36)38(43)52)23-50(46-34)30-7-5-25(6-8-30)22-49(35-4-3-15-48(41(35)54)28-9-10-28)29-13-16-47(17-14-29)39-33(42)19-26(21-44-39)31-11-12-37(51)45-40(31)53/h3-4,15,18-21,23-25,28-31H,5-14,16-17,22H2,1-2H3,(H2,43,52)(H,45,51,53). The number of pyridine rings is 2. The van der Waals surface area contributed by atoms with E-state index in [1.165, 1.54) is 6.07 Å². The molecule has 1 unspecified atom stereocenters. The SMILES string of the molecule is CC(C)Oc1cc2nn(C3CCC(CN(c4cccn(C5CC5)c4=O)C4CCN(c5ncc(C6CCC(=O)NC6=O)cc5F)CC4)CC3)cc2cc1C(N)=O. The van der Waals surface area contributed by atoms with E-state index in [2.05, 4.69) is 15.2 Å². The van der Waals surface area contributed by atoms with Crippen molar-refractivity contribution < 1.29 is 23.5 Å². The second-order valence-corrected chi connectivity index (χ2v) is 16.0. The van der Waals surface area contributed by atoms with Gasteiger partial charge in [-0.25, -0.2) is 9.37 Å². The topological polar surface area (TPSA) is 158 Å². The fourth-order valence-electron chi connectivity index (χ4n) is 8.74. The molecule has 14 heteroatoms. The molecule has 55 heavy (non-hydrogen) atoms. The van der Waals surface area contributed by atoms with E-state index in [-0.39, 0.29) is 47.9 Å². The van der Waals surface area contributed by atoms with Gasteiger partial charge >= 0.3 is 0 Å². The highest BCUT2D eigenvalue weighted by molar-refractivity contribution is 6.01. The van der Waals surface area contributed by atoms with E-state index in [1.54, 1.807) is 18.3 Å². The third kappa shape index (κ3) is 7.68. The van der Waals surface area contributed by atoms with Gasteiger partial charge in [0, 0.05) is 68.2 Å². The molecule has 13 nitrogen and oxygen atoms in total. The number of fused-ring (bicyclic) bond motifs is 1. The first kappa shape index (κ1) is 36.7. The smallest absolute Gasteiger partial charge is 0.274 e. The lowest BCUT2D eigenvalue weighted by Crippen LogP contribution is -2.49. The first-order chi connectivity index (χ1) is 26.5. The van der Waals surface area contributed by atoms with Crippen molar-refractivity contribution in [3.63, 3.8) is 0 Å². The lowest BCUT2D eigenvalue weighted by molar-refractivity contribution is -0.134. The average Bonchev–Trinajstić information content (AvgIpc) is 3.92. The normalized spacial score (nSPS) is 22.3. The molecular formula is C41H49FN8O5.